The summed E-state index contributed by atoms with van der Waals surface area (Å²) >= 11 is 0. The minimum Gasteiger partial charge on any atom is -0.493 e. The molecule has 1 heterocycles. The summed E-state index contributed by atoms with van der Waals surface area (Å²) in [6.45, 7) is 3.12. The molecule has 2 aromatic rings. The molecule has 1 aliphatic rings. The van der Waals surface area contributed by atoms with Crippen molar-refractivity contribution in [1.82, 2.24) is 10.1 Å². The van der Waals surface area contributed by atoms with E-state index >= 15 is 0 Å². The largest absolute Gasteiger partial charge is 0.493 e. The van der Waals surface area contributed by atoms with Gasteiger partial charge in [0.15, 0.2) is 0 Å². The van der Waals surface area contributed by atoms with Gasteiger partial charge in [-0.25, -0.2) is 0 Å². The summed E-state index contributed by atoms with van der Waals surface area (Å²) in [6, 6.07) is 7.73. The van der Waals surface area contributed by atoms with E-state index in [0.717, 1.165) is 24.2 Å². The topological polar surface area (TPSA) is 74.2 Å². The maximum Gasteiger partial charge on any atom is 0.234 e. The van der Waals surface area contributed by atoms with Gasteiger partial charge in [0.1, 0.15) is 5.75 Å². The van der Waals surface area contributed by atoms with E-state index in [2.05, 4.69) is 10.1 Å². The van der Waals surface area contributed by atoms with Gasteiger partial charge in [0, 0.05) is 6.54 Å². The molecule has 1 aromatic heterocycles. The summed E-state index contributed by atoms with van der Waals surface area (Å²) in [5.41, 5.74) is 6.63. The highest BCUT2D eigenvalue weighted by molar-refractivity contribution is 5.63. The second kappa shape index (κ2) is 5.25. The number of hydrogen-bond acceptors (Lipinski definition) is 5. The number of aromatic nitrogens is 2. The Hall–Kier alpha value is -1.88. The number of benzene rings is 1. The molecular formula is C15H19N3O2. The molecule has 0 atom stereocenters. The number of ether oxygens (including phenoxy) is 1. The van der Waals surface area contributed by atoms with Crippen LogP contribution in [0.3, 0.4) is 0 Å². The van der Waals surface area contributed by atoms with Gasteiger partial charge in [-0.05, 0) is 31.9 Å². The molecule has 3 rings (SSSR count). The molecule has 0 saturated heterocycles. The zero-order valence-electron chi connectivity index (χ0n) is 11.6. The van der Waals surface area contributed by atoms with Crippen LogP contribution in [0.4, 0.5) is 0 Å². The Morgan fingerprint density at radius 1 is 1.35 bits per heavy atom. The second-order valence-electron chi connectivity index (χ2n) is 5.19. The maximum atomic E-state index is 5.87. The third-order valence-electron chi connectivity index (χ3n) is 4.01. The standard InChI is InChI=1S/C15H19N3O2/c1-2-19-12-7-4-3-6-11(12)13-17-14(20-18-13)15(10-16)8-5-9-15/h3-4,6-7H,2,5,8-10,16H2,1H3. The normalized spacial score (nSPS) is 16.7. The molecule has 5 heteroatoms. The first kappa shape index (κ1) is 13.1. The molecule has 1 aromatic carbocycles. The molecule has 1 fully saturated rings. The SMILES string of the molecule is CCOc1ccccc1-c1noc(C2(CN)CCC2)n1. The fourth-order valence-corrected chi connectivity index (χ4v) is 2.59. The second-order valence-corrected chi connectivity index (χ2v) is 5.19. The van der Waals surface area contributed by atoms with Gasteiger partial charge in [-0.2, -0.15) is 4.98 Å². The van der Waals surface area contributed by atoms with Crippen LogP contribution in [-0.4, -0.2) is 23.3 Å². The van der Waals surface area contributed by atoms with Crippen molar-refractivity contribution in [3.63, 3.8) is 0 Å². The molecule has 2 N–H and O–H groups in total. The number of nitrogens with two attached hydrogens (primary N) is 1. The Morgan fingerprint density at radius 3 is 2.80 bits per heavy atom. The zero-order chi connectivity index (χ0) is 14.0. The summed E-state index contributed by atoms with van der Waals surface area (Å²) in [5.74, 6) is 2.01. The predicted octanol–water partition coefficient (Wildman–Crippen LogP) is 2.52. The molecule has 1 saturated carbocycles. The van der Waals surface area contributed by atoms with Crippen molar-refractivity contribution in [2.75, 3.05) is 13.2 Å². The highest BCUT2D eigenvalue weighted by atomic mass is 16.5. The quantitative estimate of drug-likeness (QED) is 0.906. The average Bonchev–Trinajstić information content (AvgIpc) is 2.89. The molecular weight excluding hydrogens is 254 g/mol. The van der Waals surface area contributed by atoms with Crippen LogP contribution in [0.2, 0.25) is 0 Å². The van der Waals surface area contributed by atoms with Crippen LogP contribution in [0.5, 0.6) is 5.75 Å². The molecule has 106 valence electrons. The molecule has 0 radical (unpaired) electrons. The lowest BCUT2D eigenvalue weighted by Crippen LogP contribution is -2.41. The highest BCUT2D eigenvalue weighted by Crippen LogP contribution is 2.42. The fourth-order valence-electron chi connectivity index (χ4n) is 2.59. The van der Waals surface area contributed by atoms with Gasteiger partial charge in [0.25, 0.3) is 0 Å². The van der Waals surface area contributed by atoms with E-state index in [4.69, 9.17) is 15.0 Å². The van der Waals surface area contributed by atoms with Crippen LogP contribution < -0.4 is 10.5 Å². The van der Waals surface area contributed by atoms with Gasteiger partial charge in [-0.15, -0.1) is 0 Å². The summed E-state index contributed by atoms with van der Waals surface area (Å²) in [5, 5.41) is 4.10. The molecule has 5 nitrogen and oxygen atoms in total. The van der Waals surface area contributed by atoms with Crippen molar-refractivity contribution >= 4 is 0 Å². The molecule has 0 unspecified atom stereocenters. The Kier molecular flexibility index (Phi) is 3.44. The first-order valence-electron chi connectivity index (χ1n) is 7.05. The third-order valence-corrected chi connectivity index (χ3v) is 4.01. The van der Waals surface area contributed by atoms with Crippen molar-refractivity contribution < 1.29 is 9.26 Å². The van der Waals surface area contributed by atoms with Crippen LogP contribution in [-0.2, 0) is 5.41 Å². The van der Waals surface area contributed by atoms with Crippen molar-refractivity contribution in [2.45, 2.75) is 31.6 Å². The number of para-hydroxylation sites is 1. The first-order chi connectivity index (χ1) is 9.79. The maximum absolute atomic E-state index is 5.87. The lowest BCUT2D eigenvalue weighted by atomic mass is 9.69. The van der Waals surface area contributed by atoms with Crippen LogP contribution in [0.15, 0.2) is 28.8 Å². The van der Waals surface area contributed by atoms with Gasteiger partial charge in [-0.3, -0.25) is 0 Å². The Balaban J connectivity index is 1.94. The number of hydrogen-bond donors (Lipinski definition) is 1. The van der Waals surface area contributed by atoms with Crippen molar-refractivity contribution in [2.24, 2.45) is 5.73 Å². The van der Waals surface area contributed by atoms with Crippen molar-refractivity contribution in [1.29, 1.82) is 0 Å². The van der Waals surface area contributed by atoms with Crippen molar-refractivity contribution in [3.8, 4) is 17.1 Å². The predicted molar refractivity (Wildman–Crippen MR) is 75.5 cm³/mol. The van der Waals surface area contributed by atoms with Gasteiger partial charge in [-0.1, -0.05) is 23.7 Å². The molecule has 20 heavy (non-hydrogen) atoms. The van der Waals surface area contributed by atoms with Gasteiger partial charge < -0.3 is 15.0 Å². The molecule has 0 bridgehead atoms. The molecule has 1 aliphatic carbocycles. The molecule has 0 aliphatic heterocycles. The van der Waals surface area contributed by atoms with Crippen molar-refractivity contribution in [3.05, 3.63) is 30.2 Å². The molecule has 0 amide bonds. The van der Waals surface area contributed by atoms with Crippen LogP contribution in [0.25, 0.3) is 11.4 Å². The van der Waals surface area contributed by atoms with Gasteiger partial charge in [0.05, 0.1) is 17.6 Å². The van der Waals surface area contributed by atoms with Crippen LogP contribution in [0, 0.1) is 0 Å². The number of nitrogens with zero attached hydrogens (tertiary/aromatic N) is 2. The minimum atomic E-state index is -0.105. The smallest absolute Gasteiger partial charge is 0.234 e. The summed E-state index contributed by atoms with van der Waals surface area (Å²) < 4.78 is 11.1. The lowest BCUT2D eigenvalue weighted by Gasteiger charge is -2.36. The van der Waals surface area contributed by atoms with Gasteiger partial charge >= 0.3 is 0 Å². The van der Waals surface area contributed by atoms with E-state index in [1.54, 1.807) is 0 Å². The number of rotatable bonds is 5. The summed E-state index contributed by atoms with van der Waals surface area (Å²) in [6.07, 6.45) is 3.22. The Labute approximate surface area is 118 Å². The zero-order valence-corrected chi connectivity index (χ0v) is 11.6. The van der Waals surface area contributed by atoms with E-state index in [0.29, 0.717) is 24.9 Å². The summed E-state index contributed by atoms with van der Waals surface area (Å²) in [7, 11) is 0. The van der Waals surface area contributed by atoms with Gasteiger partial charge in [0.2, 0.25) is 11.7 Å². The van der Waals surface area contributed by atoms with E-state index in [9.17, 15) is 0 Å². The average molecular weight is 273 g/mol. The van der Waals surface area contributed by atoms with E-state index < -0.39 is 0 Å². The first-order valence-corrected chi connectivity index (χ1v) is 7.05. The molecule has 0 spiro atoms. The van der Waals surface area contributed by atoms with E-state index in [1.165, 1.54) is 6.42 Å². The monoisotopic (exact) mass is 273 g/mol. The third kappa shape index (κ3) is 2.08. The minimum absolute atomic E-state index is 0.105. The van der Waals surface area contributed by atoms with Crippen LogP contribution >= 0.6 is 0 Å². The highest BCUT2D eigenvalue weighted by Gasteiger charge is 2.42. The van der Waals surface area contributed by atoms with E-state index in [-0.39, 0.29) is 5.41 Å². The lowest BCUT2D eigenvalue weighted by molar-refractivity contribution is 0.182. The fraction of sp³-hybridized carbons (Fsp3) is 0.467. The Bertz CT molecular complexity index is 585. The van der Waals surface area contributed by atoms with Crippen LogP contribution in [0.1, 0.15) is 32.1 Å². The Morgan fingerprint density at radius 2 is 2.15 bits per heavy atom. The van der Waals surface area contributed by atoms with E-state index in [1.807, 2.05) is 31.2 Å². The summed E-state index contributed by atoms with van der Waals surface area (Å²) in [4.78, 5) is 4.55.